The van der Waals surface area contributed by atoms with E-state index in [9.17, 15) is 5.11 Å². The lowest BCUT2D eigenvalue weighted by Crippen LogP contribution is -2.58. The highest BCUT2D eigenvalue weighted by Gasteiger charge is 2.45. The van der Waals surface area contributed by atoms with Gasteiger partial charge in [0.05, 0.1) is 12.6 Å². The van der Waals surface area contributed by atoms with Gasteiger partial charge in [0.15, 0.2) is 0 Å². The highest BCUT2D eigenvalue weighted by Crippen LogP contribution is 2.35. The molecule has 7 nitrogen and oxygen atoms in total. The number of hydrogen-bond acceptors (Lipinski definition) is 6. The minimum atomic E-state index is -0.923. The Labute approximate surface area is 133 Å². The Bertz CT molecular complexity index is 512. The minimum absolute atomic E-state index is 0.0415. The van der Waals surface area contributed by atoms with E-state index in [-0.39, 0.29) is 12.0 Å². The lowest BCUT2D eigenvalue weighted by atomic mass is 9.99. The summed E-state index contributed by atoms with van der Waals surface area (Å²) in [6, 6.07) is 9.75. The number of nitrogens with zero attached hydrogens (tertiary/aromatic N) is 3. The normalized spacial score (nSPS) is 31.5. The summed E-state index contributed by atoms with van der Waals surface area (Å²) < 4.78 is 16.7. The molecule has 0 spiro atoms. The van der Waals surface area contributed by atoms with Crippen molar-refractivity contribution in [1.82, 2.24) is 0 Å². The summed E-state index contributed by atoms with van der Waals surface area (Å²) in [5, 5.41) is 13.8. The average Bonchev–Trinajstić information content (AvgIpc) is 2.55. The van der Waals surface area contributed by atoms with E-state index in [2.05, 4.69) is 10.0 Å². The van der Waals surface area contributed by atoms with Crippen LogP contribution in [0, 0.1) is 0 Å². The quantitative estimate of drug-likeness (QED) is 0.491. The van der Waals surface area contributed by atoms with Crippen LogP contribution in [0.5, 0.6) is 0 Å². The first-order valence-corrected chi connectivity index (χ1v) is 7.71. The summed E-state index contributed by atoms with van der Waals surface area (Å²) in [5.41, 5.74) is 8.09. The van der Waals surface area contributed by atoms with Gasteiger partial charge in [0.2, 0.25) is 0 Å². The van der Waals surface area contributed by atoms with Crippen molar-refractivity contribution in [2.75, 3.05) is 20.8 Å². The standard InChI is InChI=1S/C14H19N3O4S/c1-19-12-11(18)10(8-16-17-15)21-14(13(12)20-2)22-9-6-4-3-5-7-9/h3-7,10-14,18H,8H2,1-2H3/t10-,11-,12+,13-,14+/m1/s1. The molecule has 1 saturated heterocycles. The van der Waals surface area contributed by atoms with Crippen molar-refractivity contribution in [2.45, 2.75) is 34.7 Å². The second-order valence-electron chi connectivity index (χ2n) is 4.78. The van der Waals surface area contributed by atoms with E-state index in [1.54, 1.807) is 7.11 Å². The van der Waals surface area contributed by atoms with Crippen LogP contribution in [0.2, 0.25) is 0 Å². The topological polar surface area (TPSA) is 96.7 Å². The third-order valence-corrected chi connectivity index (χ3v) is 4.64. The highest BCUT2D eigenvalue weighted by atomic mass is 32.2. The lowest BCUT2D eigenvalue weighted by Gasteiger charge is -2.43. The van der Waals surface area contributed by atoms with E-state index in [1.807, 2.05) is 30.3 Å². The Morgan fingerprint density at radius 1 is 1.27 bits per heavy atom. The second-order valence-corrected chi connectivity index (χ2v) is 5.95. The maximum Gasteiger partial charge on any atom is 0.136 e. The Morgan fingerprint density at radius 2 is 1.95 bits per heavy atom. The van der Waals surface area contributed by atoms with Crippen LogP contribution in [0.1, 0.15) is 0 Å². The van der Waals surface area contributed by atoms with Gasteiger partial charge in [0.1, 0.15) is 23.7 Å². The first-order chi connectivity index (χ1) is 10.7. The molecule has 1 fully saturated rings. The molecule has 0 saturated carbocycles. The molecule has 0 unspecified atom stereocenters. The first-order valence-electron chi connectivity index (χ1n) is 6.83. The smallest absolute Gasteiger partial charge is 0.136 e. The third-order valence-electron chi connectivity index (χ3n) is 3.48. The molecule has 0 amide bonds. The molecule has 8 heteroatoms. The number of methoxy groups -OCH3 is 2. The molecule has 0 aliphatic carbocycles. The van der Waals surface area contributed by atoms with Gasteiger partial charge >= 0.3 is 0 Å². The van der Waals surface area contributed by atoms with Crippen molar-refractivity contribution < 1.29 is 19.3 Å². The summed E-state index contributed by atoms with van der Waals surface area (Å²) >= 11 is 1.48. The Hall–Kier alpha value is -1.28. The van der Waals surface area contributed by atoms with Crippen molar-refractivity contribution in [3.63, 3.8) is 0 Å². The van der Waals surface area contributed by atoms with Crippen molar-refractivity contribution >= 4 is 11.8 Å². The van der Waals surface area contributed by atoms with Crippen LogP contribution in [-0.2, 0) is 14.2 Å². The van der Waals surface area contributed by atoms with Crippen LogP contribution in [-0.4, -0.2) is 55.7 Å². The molecule has 5 atom stereocenters. The molecule has 1 aromatic carbocycles. The van der Waals surface area contributed by atoms with Gasteiger partial charge < -0.3 is 19.3 Å². The maximum absolute atomic E-state index is 10.3. The number of azide groups is 1. The van der Waals surface area contributed by atoms with Gasteiger partial charge in [0.25, 0.3) is 0 Å². The fourth-order valence-electron chi connectivity index (χ4n) is 2.41. The molecule has 1 aliphatic heterocycles. The summed E-state index contributed by atoms with van der Waals surface area (Å²) in [7, 11) is 3.07. The van der Waals surface area contributed by atoms with Crippen LogP contribution in [0.3, 0.4) is 0 Å². The molecule has 1 N–H and O–H groups in total. The molecule has 1 aliphatic rings. The number of aliphatic hydroxyl groups excluding tert-OH is 1. The number of aliphatic hydroxyl groups is 1. The number of thioether (sulfide) groups is 1. The van der Waals surface area contributed by atoms with E-state index in [1.165, 1.54) is 18.9 Å². The van der Waals surface area contributed by atoms with Crippen molar-refractivity contribution in [3.05, 3.63) is 40.8 Å². The van der Waals surface area contributed by atoms with E-state index < -0.39 is 24.4 Å². The van der Waals surface area contributed by atoms with Crippen molar-refractivity contribution in [3.8, 4) is 0 Å². The molecule has 22 heavy (non-hydrogen) atoms. The van der Waals surface area contributed by atoms with Gasteiger partial charge in [0, 0.05) is 24.0 Å². The molecule has 0 bridgehead atoms. The first kappa shape index (κ1) is 17.1. The molecule has 0 radical (unpaired) electrons. The van der Waals surface area contributed by atoms with Crippen LogP contribution in [0.15, 0.2) is 40.3 Å². The molecule has 0 aromatic heterocycles. The maximum atomic E-state index is 10.3. The van der Waals surface area contributed by atoms with Crippen LogP contribution in [0.25, 0.3) is 10.4 Å². The number of rotatable bonds is 6. The zero-order chi connectivity index (χ0) is 15.9. The predicted molar refractivity (Wildman–Crippen MR) is 82.6 cm³/mol. The third kappa shape index (κ3) is 3.92. The zero-order valence-corrected chi connectivity index (χ0v) is 13.2. The number of benzene rings is 1. The highest BCUT2D eigenvalue weighted by molar-refractivity contribution is 7.99. The van der Waals surface area contributed by atoms with E-state index in [0.717, 1.165) is 4.90 Å². The van der Waals surface area contributed by atoms with Crippen molar-refractivity contribution in [1.29, 1.82) is 0 Å². The number of ether oxygens (including phenoxy) is 3. The molecule has 2 rings (SSSR count). The van der Waals surface area contributed by atoms with Gasteiger partial charge in [-0.3, -0.25) is 0 Å². The van der Waals surface area contributed by atoms with Crippen molar-refractivity contribution in [2.24, 2.45) is 5.11 Å². The van der Waals surface area contributed by atoms with Crippen LogP contribution >= 0.6 is 11.8 Å². The largest absolute Gasteiger partial charge is 0.388 e. The van der Waals surface area contributed by atoms with Gasteiger partial charge in [-0.15, -0.1) is 0 Å². The zero-order valence-electron chi connectivity index (χ0n) is 12.4. The summed E-state index contributed by atoms with van der Waals surface area (Å²) in [4.78, 5) is 3.74. The fourth-order valence-corrected chi connectivity index (χ4v) is 3.59. The van der Waals surface area contributed by atoms with Gasteiger partial charge in [-0.1, -0.05) is 35.1 Å². The monoisotopic (exact) mass is 325 g/mol. The lowest BCUT2D eigenvalue weighted by molar-refractivity contribution is -0.210. The van der Waals surface area contributed by atoms with Gasteiger partial charge in [-0.2, -0.15) is 0 Å². The van der Waals surface area contributed by atoms with E-state index >= 15 is 0 Å². The number of hydrogen-bond donors (Lipinski definition) is 1. The van der Waals surface area contributed by atoms with Gasteiger partial charge in [-0.05, 0) is 17.7 Å². The minimum Gasteiger partial charge on any atom is -0.388 e. The van der Waals surface area contributed by atoms with E-state index in [0.29, 0.717) is 0 Å². The summed E-state index contributed by atoms with van der Waals surface area (Å²) in [5.74, 6) is 0. The SMILES string of the molecule is CO[C@@H]1[C@@H](OC)[C@H](O)[C@@H](CN=[N+]=[N-])O[C@H]1Sc1ccccc1. The van der Waals surface area contributed by atoms with Crippen LogP contribution < -0.4 is 0 Å². The summed E-state index contributed by atoms with van der Waals surface area (Å²) in [6.45, 7) is 0.0415. The second kappa shape index (κ2) is 8.38. The Balaban J connectivity index is 2.18. The Kier molecular flexibility index (Phi) is 6.50. The molecule has 120 valence electrons. The predicted octanol–water partition coefficient (Wildman–Crippen LogP) is 2.20. The van der Waals surface area contributed by atoms with E-state index in [4.69, 9.17) is 19.7 Å². The Morgan fingerprint density at radius 3 is 2.55 bits per heavy atom. The average molecular weight is 325 g/mol. The molecule has 1 heterocycles. The molecular formula is C14H19N3O4S. The van der Waals surface area contributed by atoms with Gasteiger partial charge in [-0.25, -0.2) is 0 Å². The van der Waals surface area contributed by atoms with Crippen LogP contribution in [0.4, 0.5) is 0 Å². The fraction of sp³-hybridized carbons (Fsp3) is 0.571. The molecular weight excluding hydrogens is 306 g/mol. The molecule has 1 aromatic rings. The summed E-state index contributed by atoms with van der Waals surface area (Å²) in [6.07, 6.45) is -2.55.